The molecular formula is C24H33N3O6. The van der Waals surface area contributed by atoms with Crippen LogP contribution in [0, 0.1) is 0 Å². The molecule has 0 aliphatic carbocycles. The van der Waals surface area contributed by atoms with Gasteiger partial charge in [-0.1, -0.05) is 0 Å². The normalized spacial score (nSPS) is 19.0. The number of carbonyl (C=O) groups is 2. The summed E-state index contributed by atoms with van der Waals surface area (Å²) in [5.41, 5.74) is 0.781. The Morgan fingerprint density at radius 1 is 1.09 bits per heavy atom. The molecule has 0 radical (unpaired) electrons. The maximum Gasteiger partial charge on any atom is 0.410 e. The highest BCUT2D eigenvalue weighted by Crippen LogP contribution is 2.33. The van der Waals surface area contributed by atoms with Crippen LogP contribution in [0.4, 0.5) is 10.5 Å². The van der Waals surface area contributed by atoms with Gasteiger partial charge in [0.05, 0.1) is 29.8 Å². The molecule has 1 saturated heterocycles. The Hall–Kier alpha value is -3.07. The van der Waals surface area contributed by atoms with Gasteiger partial charge in [0.1, 0.15) is 12.2 Å². The van der Waals surface area contributed by atoms with Crippen LogP contribution in [-0.2, 0) is 9.47 Å². The Balaban J connectivity index is 1.91. The van der Waals surface area contributed by atoms with Crippen molar-refractivity contribution in [3.8, 4) is 5.88 Å². The second kappa shape index (κ2) is 9.82. The highest BCUT2D eigenvalue weighted by Gasteiger charge is 2.36. The molecule has 1 amide bonds. The van der Waals surface area contributed by atoms with Crippen molar-refractivity contribution >= 4 is 28.7 Å². The number of carboxylic acids is 1. The first kappa shape index (κ1) is 24.6. The summed E-state index contributed by atoms with van der Waals surface area (Å²) in [6.07, 6.45) is -0.326. The standard InChI is InChI=1S/C24H33N3O6/c1-15-13-26(14-16(2)27(15)23(30)33-24(3,4)5)19-9-7-18(22(28)29)21-17(19)8-10-20(25-21)32-12-11-31-6/h7-10,15-16H,11-14H2,1-6H3,(H,28,29)/t15-,16-/m0/s1. The van der Waals surface area contributed by atoms with E-state index in [2.05, 4.69) is 9.88 Å². The van der Waals surface area contributed by atoms with Crippen LogP contribution in [0.1, 0.15) is 45.0 Å². The van der Waals surface area contributed by atoms with Crippen molar-refractivity contribution in [3.05, 3.63) is 29.8 Å². The number of piperazine rings is 1. The highest BCUT2D eigenvalue weighted by atomic mass is 16.6. The van der Waals surface area contributed by atoms with Gasteiger partial charge in [-0.05, 0) is 52.8 Å². The number of hydrogen-bond donors (Lipinski definition) is 1. The van der Waals surface area contributed by atoms with Crippen LogP contribution in [0.25, 0.3) is 10.9 Å². The molecule has 1 fully saturated rings. The van der Waals surface area contributed by atoms with Gasteiger partial charge >= 0.3 is 12.1 Å². The molecule has 9 heteroatoms. The van der Waals surface area contributed by atoms with Crippen LogP contribution in [-0.4, -0.2) is 78.2 Å². The Labute approximate surface area is 194 Å². The number of aromatic nitrogens is 1. The lowest BCUT2D eigenvalue weighted by Gasteiger charge is -2.45. The molecule has 1 aliphatic heterocycles. The molecule has 33 heavy (non-hydrogen) atoms. The predicted molar refractivity (Wildman–Crippen MR) is 125 cm³/mol. The van der Waals surface area contributed by atoms with Crippen LogP contribution >= 0.6 is 0 Å². The topological polar surface area (TPSA) is 101 Å². The fraction of sp³-hybridized carbons (Fsp3) is 0.542. The summed E-state index contributed by atoms with van der Waals surface area (Å²) in [6, 6.07) is 6.76. The molecule has 1 aromatic carbocycles. The molecule has 0 unspecified atom stereocenters. The minimum atomic E-state index is -1.05. The minimum absolute atomic E-state index is 0.0950. The number of fused-ring (bicyclic) bond motifs is 1. The summed E-state index contributed by atoms with van der Waals surface area (Å²) in [6.45, 7) is 11.4. The lowest BCUT2D eigenvalue weighted by Crippen LogP contribution is -2.59. The number of ether oxygens (including phenoxy) is 3. The number of carbonyl (C=O) groups excluding carboxylic acids is 1. The van der Waals surface area contributed by atoms with Gasteiger partial charge in [0, 0.05) is 37.3 Å². The van der Waals surface area contributed by atoms with E-state index in [-0.39, 0.29) is 23.7 Å². The van der Waals surface area contributed by atoms with Crippen LogP contribution in [0.5, 0.6) is 5.88 Å². The lowest BCUT2D eigenvalue weighted by atomic mass is 10.0. The second-order valence-electron chi connectivity index (χ2n) is 9.31. The number of anilines is 1. The smallest absolute Gasteiger partial charge is 0.410 e. The van der Waals surface area contributed by atoms with Gasteiger partial charge in [-0.15, -0.1) is 0 Å². The van der Waals surface area contributed by atoms with Gasteiger partial charge in [0.2, 0.25) is 5.88 Å². The zero-order valence-corrected chi connectivity index (χ0v) is 20.1. The van der Waals surface area contributed by atoms with E-state index >= 15 is 0 Å². The van der Waals surface area contributed by atoms with E-state index in [9.17, 15) is 14.7 Å². The number of pyridine rings is 1. The largest absolute Gasteiger partial charge is 0.478 e. The third-order valence-corrected chi connectivity index (χ3v) is 5.44. The summed E-state index contributed by atoms with van der Waals surface area (Å²) >= 11 is 0. The quantitative estimate of drug-likeness (QED) is 0.651. The number of methoxy groups -OCH3 is 1. The average molecular weight is 460 g/mol. The number of hydrogen-bond acceptors (Lipinski definition) is 7. The molecule has 1 aliphatic rings. The van der Waals surface area contributed by atoms with Crippen molar-refractivity contribution in [1.82, 2.24) is 9.88 Å². The maximum absolute atomic E-state index is 12.7. The molecule has 3 rings (SSSR count). The Morgan fingerprint density at radius 3 is 2.33 bits per heavy atom. The molecule has 0 bridgehead atoms. The van der Waals surface area contributed by atoms with Gasteiger partial charge in [-0.25, -0.2) is 14.6 Å². The van der Waals surface area contributed by atoms with Crippen LogP contribution in [0.2, 0.25) is 0 Å². The van der Waals surface area contributed by atoms with Crippen molar-refractivity contribution < 1.29 is 28.9 Å². The average Bonchev–Trinajstić information content (AvgIpc) is 2.71. The summed E-state index contributed by atoms with van der Waals surface area (Å²) in [7, 11) is 1.58. The fourth-order valence-electron chi connectivity index (χ4n) is 4.14. The van der Waals surface area contributed by atoms with Gasteiger partial charge < -0.3 is 24.2 Å². The van der Waals surface area contributed by atoms with E-state index in [0.29, 0.717) is 37.7 Å². The van der Waals surface area contributed by atoms with E-state index in [0.717, 1.165) is 11.1 Å². The number of aromatic carboxylic acids is 1. The van der Waals surface area contributed by atoms with Crippen molar-refractivity contribution in [3.63, 3.8) is 0 Å². The van der Waals surface area contributed by atoms with Gasteiger partial charge in [-0.3, -0.25) is 4.90 Å². The molecule has 0 saturated carbocycles. The van der Waals surface area contributed by atoms with Crippen molar-refractivity contribution in [2.24, 2.45) is 0 Å². The summed E-state index contributed by atoms with van der Waals surface area (Å²) in [5, 5.41) is 10.4. The second-order valence-corrected chi connectivity index (χ2v) is 9.31. The monoisotopic (exact) mass is 459 g/mol. The Morgan fingerprint density at radius 2 is 1.76 bits per heavy atom. The fourth-order valence-corrected chi connectivity index (χ4v) is 4.14. The van der Waals surface area contributed by atoms with Crippen molar-refractivity contribution in [2.45, 2.75) is 52.3 Å². The van der Waals surface area contributed by atoms with Gasteiger partial charge in [0.15, 0.2) is 0 Å². The number of rotatable bonds is 6. The first-order valence-corrected chi connectivity index (χ1v) is 11.1. The molecule has 0 spiro atoms. The number of amides is 1. The molecule has 1 aromatic heterocycles. The van der Waals surface area contributed by atoms with E-state index in [1.165, 1.54) is 0 Å². The maximum atomic E-state index is 12.7. The highest BCUT2D eigenvalue weighted by molar-refractivity contribution is 6.06. The zero-order valence-electron chi connectivity index (χ0n) is 20.1. The SMILES string of the molecule is COCCOc1ccc2c(N3C[C@H](C)N(C(=O)OC(C)(C)C)[C@@H](C)C3)ccc(C(=O)O)c2n1. The Kier molecular flexibility index (Phi) is 7.31. The molecule has 180 valence electrons. The van der Waals surface area contributed by atoms with Gasteiger partial charge in [-0.2, -0.15) is 0 Å². The molecule has 2 aromatic rings. The first-order chi connectivity index (χ1) is 15.5. The van der Waals surface area contributed by atoms with Crippen molar-refractivity contribution in [1.29, 1.82) is 0 Å². The number of nitrogens with zero attached hydrogens (tertiary/aromatic N) is 3. The van der Waals surface area contributed by atoms with E-state index in [1.807, 2.05) is 46.8 Å². The van der Waals surface area contributed by atoms with E-state index in [4.69, 9.17) is 14.2 Å². The molecule has 2 heterocycles. The molecule has 9 nitrogen and oxygen atoms in total. The van der Waals surface area contributed by atoms with E-state index in [1.54, 1.807) is 24.1 Å². The Bertz CT molecular complexity index is 1010. The van der Waals surface area contributed by atoms with Crippen LogP contribution < -0.4 is 9.64 Å². The number of benzene rings is 1. The van der Waals surface area contributed by atoms with Gasteiger partial charge in [0.25, 0.3) is 0 Å². The minimum Gasteiger partial charge on any atom is -0.478 e. The molecular weight excluding hydrogens is 426 g/mol. The number of carboxylic acid groups (broad SMARTS) is 1. The third-order valence-electron chi connectivity index (χ3n) is 5.44. The van der Waals surface area contributed by atoms with Crippen molar-refractivity contribution in [2.75, 3.05) is 38.3 Å². The zero-order chi connectivity index (χ0) is 24.3. The van der Waals surface area contributed by atoms with E-state index < -0.39 is 11.6 Å². The molecule has 2 atom stereocenters. The summed E-state index contributed by atoms with van der Waals surface area (Å²) in [4.78, 5) is 33.0. The molecule has 1 N–H and O–H groups in total. The first-order valence-electron chi connectivity index (χ1n) is 11.1. The van der Waals surface area contributed by atoms with Crippen LogP contribution in [0.3, 0.4) is 0 Å². The summed E-state index contributed by atoms with van der Waals surface area (Å²) < 4.78 is 16.2. The van der Waals surface area contributed by atoms with Crippen LogP contribution in [0.15, 0.2) is 24.3 Å². The summed E-state index contributed by atoms with van der Waals surface area (Å²) in [5.74, 6) is -0.708. The lowest BCUT2D eigenvalue weighted by molar-refractivity contribution is 0.00566. The predicted octanol–water partition coefficient (Wildman–Crippen LogP) is 3.79. The third kappa shape index (κ3) is 5.65.